The van der Waals surface area contributed by atoms with Crippen LogP contribution >= 0.6 is 31.9 Å². The monoisotopic (exact) mass is 226 g/mol. The maximum atomic E-state index is 3.33. The summed E-state index contributed by atoms with van der Waals surface area (Å²) in [6, 6.07) is 0. The molecule has 0 bridgehead atoms. The Labute approximate surface area is 61.2 Å². The second kappa shape index (κ2) is 6.70. The van der Waals surface area contributed by atoms with Gasteiger partial charge in [0, 0.05) is 5.33 Å². The quantitative estimate of drug-likeness (QED) is 0.514. The lowest BCUT2D eigenvalue weighted by molar-refractivity contribution is 0.981. The zero-order valence-electron chi connectivity index (χ0n) is 4.03. The molecule has 0 aliphatic carbocycles. The van der Waals surface area contributed by atoms with Gasteiger partial charge in [0.2, 0.25) is 0 Å². The Bertz CT molecular complexity index is 50.0. The van der Waals surface area contributed by atoms with Crippen LogP contribution in [0.3, 0.4) is 0 Å². The lowest BCUT2D eigenvalue weighted by atomic mass is 10.3. The third kappa shape index (κ3) is 6.70. The van der Waals surface area contributed by atoms with Gasteiger partial charge in [-0.2, -0.15) is 0 Å². The Balaban J connectivity index is 2.69. The fraction of sp³-hybridized carbons (Fsp3) is 0.600. The van der Waals surface area contributed by atoms with Crippen molar-refractivity contribution in [3.8, 4) is 0 Å². The van der Waals surface area contributed by atoms with Crippen LogP contribution < -0.4 is 0 Å². The zero-order chi connectivity index (χ0) is 5.54. The van der Waals surface area contributed by atoms with Crippen molar-refractivity contribution in [3.63, 3.8) is 0 Å². The van der Waals surface area contributed by atoms with Crippen molar-refractivity contribution in [1.82, 2.24) is 0 Å². The number of rotatable bonds is 3. The van der Waals surface area contributed by atoms with E-state index in [1.807, 2.05) is 4.99 Å². The van der Waals surface area contributed by atoms with Crippen molar-refractivity contribution in [1.29, 1.82) is 0 Å². The summed E-state index contributed by atoms with van der Waals surface area (Å²) in [4.78, 5) is 1.90. The summed E-state index contributed by atoms with van der Waals surface area (Å²) in [6.07, 6.45) is 4.49. The molecule has 0 saturated carbocycles. The number of halogens is 2. The second-order valence-corrected chi connectivity index (χ2v) is 2.51. The van der Waals surface area contributed by atoms with Gasteiger partial charge in [0.25, 0.3) is 0 Å². The highest BCUT2D eigenvalue weighted by Gasteiger charge is 1.74. The standard InChI is InChI=1S/C5H8Br2/c6-4-2-1-3-5-7/h2,4H,1,3,5H2. The third-order valence-electron chi connectivity index (χ3n) is 0.594. The first-order valence-electron chi connectivity index (χ1n) is 2.23. The summed E-state index contributed by atoms with van der Waals surface area (Å²) in [5, 5.41) is 1.10. The van der Waals surface area contributed by atoms with E-state index in [9.17, 15) is 0 Å². The first kappa shape index (κ1) is 7.70. The van der Waals surface area contributed by atoms with Crippen molar-refractivity contribution in [2.24, 2.45) is 0 Å². The van der Waals surface area contributed by atoms with E-state index in [-0.39, 0.29) is 0 Å². The van der Waals surface area contributed by atoms with Gasteiger partial charge >= 0.3 is 0 Å². The van der Waals surface area contributed by atoms with Gasteiger partial charge < -0.3 is 0 Å². The molecule has 2 heteroatoms. The fourth-order valence-electron chi connectivity index (χ4n) is 0.258. The predicted molar refractivity (Wildman–Crippen MR) is 41.1 cm³/mol. The third-order valence-corrected chi connectivity index (χ3v) is 1.53. The molecule has 0 unspecified atom stereocenters. The molecule has 0 aromatic carbocycles. The maximum Gasteiger partial charge on any atom is 0.00342 e. The van der Waals surface area contributed by atoms with Gasteiger partial charge in [0.15, 0.2) is 0 Å². The van der Waals surface area contributed by atoms with Gasteiger partial charge in [-0.3, -0.25) is 0 Å². The highest BCUT2D eigenvalue weighted by atomic mass is 79.9. The number of hydrogen-bond donors (Lipinski definition) is 0. The minimum absolute atomic E-state index is 1.10. The molecule has 0 aromatic rings. The smallest absolute Gasteiger partial charge is 0.00342 e. The SMILES string of the molecule is BrC=CCCCBr. The lowest BCUT2D eigenvalue weighted by Crippen LogP contribution is -1.67. The molecule has 0 heterocycles. The van der Waals surface area contributed by atoms with Crippen LogP contribution in [0.2, 0.25) is 0 Å². The highest BCUT2D eigenvalue weighted by molar-refractivity contribution is 9.11. The highest BCUT2D eigenvalue weighted by Crippen LogP contribution is 1.95. The van der Waals surface area contributed by atoms with Gasteiger partial charge in [-0.05, 0) is 17.8 Å². The zero-order valence-corrected chi connectivity index (χ0v) is 7.20. The summed E-state index contributed by atoms with van der Waals surface area (Å²) in [7, 11) is 0. The van der Waals surface area contributed by atoms with E-state index in [0.29, 0.717) is 0 Å². The van der Waals surface area contributed by atoms with Crippen LogP contribution in [0.5, 0.6) is 0 Å². The van der Waals surface area contributed by atoms with Crippen LogP contribution in [0.4, 0.5) is 0 Å². The molecule has 42 valence electrons. The van der Waals surface area contributed by atoms with Crippen molar-refractivity contribution in [2.75, 3.05) is 5.33 Å². The van der Waals surface area contributed by atoms with Gasteiger partial charge in [0.05, 0.1) is 0 Å². The van der Waals surface area contributed by atoms with Crippen LogP contribution in [0.15, 0.2) is 11.1 Å². The Morgan fingerprint density at radius 3 is 2.57 bits per heavy atom. The normalized spacial score (nSPS) is 10.6. The summed E-state index contributed by atoms with van der Waals surface area (Å²) in [6.45, 7) is 0. The average Bonchev–Trinajstić information content (AvgIpc) is 1.69. The minimum atomic E-state index is 1.10. The van der Waals surface area contributed by atoms with E-state index < -0.39 is 0 Å². The van der Waals surface area contributed by atoms with Crippen LogP contribution in [0.25, 0.3) is 0 Å². The molecule has 7 heavy (non-hydrogen) atoms. The maximum absolute atomic E-state index is 3.33. The molecule has 0 spiro atoms. The van der Waals surface area contributed by atoms with E-state index >= 15 is 0 Å². The molecule has 0 amide bonds. The van der Waals surface area contributed by atoms with Crippen molar-refractivity contribution in [3.05, 3.63) is 11.1 Å². The molecule has 0 atom stereocenters. The number of hydrogen-bond acceptors (Lipinski definition) is 0. The summed E-state index contributed by atoms with van der Waals surface area (Å²) in [5.74, 6) is 0. The van der Waals surface area contributed by atoms with Crippen molar-refractivity contribution >= 4 is 31.9 Å². The topological polar surface area (TPSA) is 0 Å². The Hall–Kier alpha value is 0.700. The molecule has 0 aliphatic heterocycles. The molecule has 0 fully saturated rings. The average molecular weight is 228 g/mol. The molecule has 0 aromatic heterocycles. The summed E-state index contributed by atoms with van der Waals surface area (Å²) < 4.78 is 0. The molecule has 0 N–H and O–H groups in total. The van der Waals surface area contributed by atoms with E-state index in [4.69, 9.17) is 0 Å². The molecular formula is C5H8Br2. The Kier molecular flexibility index (Phi) is 7.37. The van der Waals surface area contributed by atoms with Crippen LogP contribution in [-0.4, -0.2) is 5.33 Å². The van der Waals surface area contributed by atoms with Crippen LogP contribution in [-0.2, 0) is 0 Å². The Morgan fingerprint density at radius 1 is 1.43 bits per heavy atom. The van der Waals surface area contributed by atoms with Crippen molar-refractivity contribution < 1.29 is 0 Å². The van der Waals surface area contributed by atoms with E-state index in [0.717, 1.165) is 11.8 Å². The molecule has 0 rings (SSSR count). The predicted octanol–water partition coefficient (Wildman–Crippen LogP) is 3.07. The largest absolute Gasteiger partial charge is 0.0928 e. The molecule has 0 radical (unpaired) electrons. The van der Waals surface area contributed by atoms with Gasteiger partial charge in [0.1, 0.15) is 0 Å². The fourth-order valence-corrected chi connectivity index (χ4v) is 0.846. The summed E-state index contributed by atoms with van der Waals surface area (Å²) in [5.41, 5.74) is 0. The Morgan fingerprint density at radius 2 is 2.14 bits per heavy atom. The molecule has 0 saturated heterocycles. The van der Waals surface area contributed by atoms with Crippen LogP contribution in [0, 0.1) is 0 Å². The van der Waals surface area contributed by atoms with Crippen molar-refractivity contribution in [2.45, 2.75) is 12.8 Å². The van der Waals surface area contributed by atoms with E-state index in [1.165, 1.54) is 6.42 Å². The van der Waals surface area contributed by atoms with E-state index in [2.05, 4.69) is 37.9 Å². The minimum Gasteiger partial charge on any atom is -0.0928 e. The van der Waals surface area contributed by atoms with Gasteiger partial charge in [-0.1, -0.05) is 37.9 Å². The first-order chi connectivity index (χ1) is 3.41. The van der Waals surface area contributed by atoms with Gasteiger partial charge in [-0.15, -0.1) is 0 Å². The second-order valence-electron chi connectivity index (χ2n) is 1.19. The van der Waals surface area contributed by atoms with Crippen LogP contribution in [0.1, 0.15) is 12.8 Å². The molecular weight excluding hydrogens is 220 g/mol. The lowest BCUT2D eigenvalue weighted by Gasteiger charge is -1.82. The van der Waals surface area contributed by atoms with E-state index in [1.54, 1.807) is 0 Å². The number of allylic oxidation sites excluding steroid dienone is 1. The number of alkyl halides is 1. The molecule has 0 aliphatic rings. The first-order valence-corrected chi connectivity index (χ1v) is 4.26. The summed E-state index contributed by atoms with van der Waals surface area (Å²) >= 11 is 6.51. The molecule has 0 nitrogen and oxygen atoms in total. The van der Waals surface area contributed by atoms with Gasteiger partial charge in [-0.25, -0.2) is 0 Å². The number of unbranched alkanes of at least 4 members (excludes halogenated alkanes) is 1.